The van der Waals surface area contributed by atoms with Gasteiger partial charge in [0, 0.05) is 41.7 Å². The third-order valence-electron chi connectivity index (χ3n) is 5.50. The van der Waals surface area contributed by atoms with Crippen molar-refractivity contribution in [2.45, 2.75) is 6.42 Å². The molecule has 6 heteroatoms. The van der Waals surface area contributed by atoms with Crippen LogP contribution in [0.2, 0.25) is 0 Å². The lowest BCUT2D eigenvalue weighted by Crippen LogP contribution is -2.31. The number of carbonyl (C=O) groups is 2. The molecule has 31 heavy (non-hydrogen) atoms. The van der Waals surface area contributed by atoms with Gasteiger partial charge >= 0.3 is 5.97 Å². The maximum atomic E-state index is 12.1. The lowest BCUT2D eigenvalue weighted by Gasteiger charge is -2.11. The molecule has 0 unspecified atom stereocenters. The zero-order chi connectivity index (χ0) is 21.4. The predicted octanol–water partition coefficient (Wildman–Crippen LogP) is 4.39. The Kier molecular flexibility index (Phi) is 4.59. The van der Waals surface area contributed by atoms with Crippen molar-refractivity contribution >= 4 is 11.9 Å². The van der Waals surface area contributed by atoms with Gasteiger partial charge in [0.15, 0.2) is 0 Å². The summed E-state index contributed by atoms with van der Waals surface area (Å²) >= 11 is 0. The summed E-state index contributed by atoms with van der Waals surface area (Å²) in [6.45, 7) is 0.646. The summed E-state index contributed by atoms with van der Waals surface area (Å²) in [6.07, 6.45) is 2.56. The summed E-state index contributed by atoms with van der Waals surface area (Å²) in [7, 11) is 0. The summed E-state index contributed by atoms with van der Waals surface area (Å²) in [6, 6.07) is 20.6. The molecule has 3 N–H and O–H groups in total. The number of carboxylic acids is 1. The number of H-pyrrole nitrogens is 1. The van der Waals surface area contributed by atoms with Gasteiger partial charge in [0.2, 0.25) is 0 Å². The van der Waals surface area contributed by atoms with Gasteiger partial charge < -0.3 is 15.4 Å². The van der Waals surface area contributed by atoms with Gasteiger partial charge in [-0.15, -0.1) is 0 Å². The zero-order valence-corrected chi connectivity index (χ0v) is 16.6. The van der Waals surface area contributed by atoms with Crippen LogP contribution in [0.1, 0.15) is 26.4 Å². The average Bonchev–Trinajstić information content (AvgIpc) is 3.25. The predicted molar refractivity (Wildman–Crippen MR) is 118 cm³/mol. The zero-order valence-electron chi connectivity index (χ0n) is 16.6. The molecule has 1 aliphatic rings. The van der Waals surface area contributed by atoms with Gasteiger partial charge in [-0.3, -0.25) is 9.78 Å². The third kappa shape index (κ3) is 3.59. The van der Waals surface area contributed by atoms with Crippen molar-refractivity contribution in [2.75, 3.05) is 6.54 Å². The number of rotatable bonds is 4. The molecule has 1 amide bonds. The van der Waals surface area contributed by atoms with Crippen molar-refractivity contribution in [3.63, 3.8) is 0 Å². The van der Waals surface area contributed by atoms with Crippen molar-refractivity contribution in [3.05, 3.63) is 89.7 Å². The van der Waals surface area contributed by atoms with Crippen LogP contribution >= 0.6 is 0 Å². The topological polar surface area (TPSA) is 95.1 Å². The number of nitrogens with one attached hydrogen (secondary N) is 2. The van der Waals surface area contributed by atoms with Crippen LogP contribution in [0.15, 0.2) is 72.9 Å². The van der Waals surface area contributed by atoms with Gasteiger partial charge in [0.1, 0.15) is 0 Å². The van der Waals surface area contributed by atoms with E-state index in [9.17, 15) is 9.59 Å². The Balaban J connectivity index is 1.48. The fraction of sp³-hybridized carbons (Fsp3) is 0.0800. The molecular formula is C25H19N3O3. The van der Waals surface area contributed by atoms with Crippen molar-refractivity contribution in [1.29, 1.82) is 0 Å². The molecule has 0 spiro atoms. The molecule has 0 atom stereocenters. The number of amides is 1. The van der Waals surface area contributed by atoms with Crippen LogP contribution in [-0.2, 0) is 6.42 Å². The van der Waals surface area contributed by atoms with Crippen LogP contribution in [0.5, 0.6) is 0 Å². The van der Waals surface area contributed by atoms with Crippen molar-refractivity contribution in [1.82, 2.24) is 15.3 Å². The normalized spacial score (nSPS) is 12.8. The van der Waals surface area contributed by atoms with Crippen LogP contribution in [0.4, 0.5) is 0 Å². The summed E-state index contributed by atoms with van der Waals surface area (Å²) in [4.78, 5) is 31.1. The summed E-state index contributed by atoms with van der Waals surface area (Å²) in [5.74, 6) is -0.982. The fourth-order valence-electron chi connectivity index (χ4n) is 3.87. The van der Waals surface area contributed by atoms with E-state index >= 15 is 0 Å². The van der Waals surface area contributed by atoms with E-state index in [1.807, 2.05) is 42.5 Å². The second-order valence-corrected chi connectivity index (χ2v) is 7.47. The summed E-state index contributed by atoms with van der Waals surface area (Å²) < 4.78 is 0. The van der Waals surface area contributed by atoms with Gasteiger partial charge in [-0.25, -0.2) is 4.79 Å². The molecule has 5 rings (SSSR count). The first-order valence-corrected chi connectivity index (χ1v) is 9.99. The Morgan fingerprint density at radius 1 is 0.903 bits per heavy atom. The first-order valence-electron chi connectivity index (χ1n) is 9.99. The highest BCUT2D eigenvalue weighted by Crippen LogP contribution is 2.29. The minimum Gasteiger partial charge on any atom is -0.478 e. The van der Waals surface area contributed by atoms with Gasteiger partial charge in [0.05, 0.1) is 16.8 Å². The summed E-state index contributed by atoms with van der Waals surface area (Å²) in [5.41, 5.74) is 7.47. The molecule has 0 radical (unpaired) electrons. The molecule has 152 valence electrons. The highest BCUT2D eigenvalue weighted by molar-refractivity contribution is 5.97. The molecule has 0 saturated carbocycles. The minimum atomic E-state index is -0.940. The second kappa shape index (κ2) is 7.57. The molecule has 6 nitrogen and oxygen atoms in total. The van der Waals surface area contributed by atoms with Crippen LogP contribution in [0, 0.1) is 0 Å². The standard InChI is InChI=1S/C25H19N3O3/c29-24-20-14-23(28-21(20)9-11-27-24)19-8-10-26-22(13-19)18-3-1-2-17(12-18)15-4-6-16(7-5-15)25(30)31/h1-8,10,12-14,28H,9,11H2,(H,27,29)(H,30,31). The monoisotopic (exact) mass is 409 g/mol. The Bertz CT molecular complexity index is 1310. The molecule has 2 aromatic heterocycles. The number of benzene rings is 2. The average molecular weight is 409 g/mol. The Hall–Kier alpha value is -4.19. The maximum absolute atomic E-state index is 12.1. The molecule has 2 aromatic carbocycles. The van der Waals surface area contributed by atoms with Gasteiger partial charge in [-0.1, -0.05) is 30.3 Å². The number of carbonyl (C=O) groups excluding carboxylic acids is 1. The second-order valence-electron chi connectivity index (χ2n) is 7.47. The first kappa shape index (κ1) is 18.8. The van der Waals surface area contributed by atoms with E-state index < -0.39 is 5.97 Å². The van der Waals surface area contributed by atoms with E-state index in [1.54, 1.807) is 30.5 Å². The number of aromatic carboxylic acids is 1. The highest BCUT2D eigenvalue weighted by atomic mass is 16.4. The van der Waals surface area contributed by atoms with Gasteiger partial charge in [-0.2, -0.15) is 0 Å². The SMILES string of the molecule is O=C(O)c1ccc(-c2cccc(-c3cc(-c4cc5c([nH]4)CCNC5=O)ccn3)c2)cc1. The summed E-state index contributed by atoms with van der Waals surface area (Å²) in [5, 5.41) is 12.0. The number of aromatic amines is 1. The minimum absolute atomic E-state index is 0.0420. The van der Waals surface area contributed by atoms with Gasteiger partial charge in [0.25, 0.3) is 5.91 Å². The quantitative estimate of drug-likeness (QED) is 0.466. The molecule has 0 fully saturated rings. The van der Waals surface area contributed by atoms with Crippen molar-refractivity contribution in [2.24, 2.45) is 0 Å². The van der Waals surface area contributed by atoms with E-state index in [0.717, 1.165) is 45.8 Å². The molecule has 0 saturated heterocycles. The molecule has 3 heterocycles. The van der Waals surface area contributed by atoms with Crippen molar-refractivity contribution < 1.29 is 14.7 Å². The smallest absolute Gasteiger partial charge is 0.335 e. The van der Waals surface area contributed by atoms with E-state index in [1.165, 1.54) is 0 Å². The number of carboxylic acid groups (broad SMARTS) is 1. The third-order valence-corrected chi connectivity index (χ3v) is 5.50. The van der Waals surface area contributed by atoms with E-state index in [2.05, 4.69) is 15.3 Å². The first-order chi connectivity index (χ1) is 15.1. The Labute approximate surface area is 178 Å². The lowest BCUT2D eigenvalue weighted by molar-refractivity contribution is 0.0696. The van der Waals surface area contributed by atoms with E-state index in [0.29, 0.717) is 12.1 Å². The van der Waals surface area contributed by atoms with Crippen LogP contribution in [0.25, 0.3) is 33.6 Å². The van der Waals surface area contributed by atoms with E-state index in [-0.39, 0.29) is 11.5 Å². The maximum Gasteiger partial charge on any atom is 0.335 e. The fourth-order valence-corrected chi connectivity index (χ4v) is 3.87. The number of hydrogen-bond donors (Lipinski definition) is 3. The highest BCUT2D eigenvalue weighted by Gasteiger charge is 2.20. The molecule has 1 aliphatic heterocycles. The Morgan fingerprint density at radius 3 is 2.48 bits per heavy atom. The number of fused-ring (bicyclic) bond motifs is 1. The molecule has 0 aliphatic carbocycles. The number of nitrogens with zero attached hydrogens (tertiary/aromatic N) is 1. The van der Waals surface area contributed by atoms with E-state index in [4.69, 9.17) is 5.11 Å². The van der Waals surface area contributed by atoms with Gasteiger partial charge in [-0.05, 0) is 47.5 Å². The molecule has 0 bridgehead atoms. The van der Waals surface area contributed by atoms with Crippen LogP contribution in [0.3, 0.4) is 0 Å². The van der Waals surface area contributed by atoms with Crippen LogP contribution in [-0.4, -0.2) is 33.5 Å². The van der Waals surface area contributed by atoms with Crippen molar-refractivity contribution in [3.8, 4) is 33.6 Å². The molecule has 4 aromatic rings. The number of pyridine rings is 1. The molecular weight excluding hydrogens is 390 g/mol. The largest absolute Gasteiger partial charge is 0.478 e. The number of aromatic nitrogens is 2. The lowest BCUT2D eigenvalue weighted by atomic mass is 9.99. The Morgan fingerprint density at radius 2 is 1.71 bits per heavy atom. The van der Waals surface area contributed by atoms with Crippen LogP contribution < -0.4 is 5.32 Å². The number of hydrogen-bond acceptors (Lipinski definition) is 3.